The Morgan fingerprint density at radius 2 is 1.13 bits per heavy atom. The lowest BCUT2D eigenvalue weighted by molar-refractivity contribution is 0.667. The summed E-state index contributed by atoms with van der Waals surface area (Å²) >= 11 is 1.93. The lowest BCUT2D eigenvalue weighted by atomic mass is 9.80. The molecule has 7 aromatic carbocycles. The van der Waals surface area contributed by atoms with E-state index in [4.69, 9.17) is 0 Å². The van der Waals surface area contributed by atoms with Crippen LogP contribution in [0.4, 0.5) is 17.1 Å². The van der Waals surface area contributed by atoms with Crippen molar-refractivity contribution in [3.05, 3.63) is 175 Å². The molecule has 1 aliphatic rings. The molecule has 0 N–H and O–H groups in total. The van der Waals surface area contributed by atoms with E-state index in [9.17, 15) is 0 Å². The van der Waals surface area contributed by atoms with Crippen LogP contribution in [0, 0.1) is 0 Å². The molecule has 1 aromatic heterocycles. The van der Waals surface area contributed by atoms with Crippen molar-refractivity contribution in [1.29, 1.82) is 0 Å². The first kappa shape index (κ1) is 27.8. The Morgan fingerprint density at radius 3 is 1.98 bits per heavy atom. The second-order valence-corrected chi connectivity index (χ2v) is 14.0. The summed E-state index contributed by atoms with van der Waals surface area (Å²) < 4.78 is 1.37. The highest BCUT2D eigenvalue weighted by molar-refractivity contribution is 7.22. The second kappa shape index (κ2) is 10.8. The van der Waals surface area contributed by atoms with Gasteiger partial charge in [0.1, 0.15) is 0 Å². The third-order valence-corrected chi connectivity index (χ3v) is 11.0. The molecule has 0 amide bonds. The summed E-state index contributed by atoms with van der Waals surface area (Å²) in [4.78, 5) is 3.83. The van der Waals surface area contributed by atoms with E-state index in [1.807, 2.05) is 11.3 Å². The van der Waals surface area contributed by atoms with Gasteiger partial charge in [-0.25, -0.2) is 0 Å². The molecule has 0 atom stereocenters. The molecule has 0 bridgehead atoms. The lowest BCUT2D eigenvalue weighted by Gasteiger charge is -2.27. The summed E-state index contributed by atoms with van der Waals surface area (Å²) in [6.07, 6.45) is 0. The van der Waals surface area contributed by atoms with Gasteiger partial charge in [0.15, 0.2) is 0 Å². The number of hydrogen-bond donors (Lipinski definition) is 0. The fourth-order valence-corrected chi connectivity index (χ4v) is 8.92. The molecule has 0 fully saturated rings. The molecule has 8 aromatic rings. The minimum Gasteiger partial charge on any atom is -0.310 e. The van der Waals surface area contributed by atoms with Crippen molar-refractivity contribution >= 4 is 49.3 Å². The van der Waals surface area contributed by atoms with Crippen molar-refractivity contribution in [3.63, 3.8) is 0 Å². The maximum atomic E-state index is 2.44. The number of thiophene rings is 1. The van der Waals surface area contributed by atoms with E-state index in [1.54, 1.807) is 0 Å². The van der Waals surface area contributed by atoms with Crippen LogP contribution in [0.15, 0.2) is 164 Å². The standard InChI is InChI=1S/C45H33NS/c1-45(2)40-29-34(24-27-38(40)44-43(45)39-19-8-9-21-42(39)47-44)33-16-10-17-36(28-33)46(41-20-11-15-32-14-6-7-18-37(32)41)35-25-22-31(23-26-35)30-12-4-3-5-13-30/h3-29H,1-2H3. The molecule has 1 aliphatic carbocycles. The molecular weight excluding hydrogens is 587 g/mol. The third-order valence-electron chi connectivity index (χ3n) is 9.84. The smallest absolute Gasteiger partial charge is 0.0540 e. The third kappa shape index (κ3) is 4.52. The van der Waals surface area contributed by atoms with Gasteiger partial charge < -0.3 is 4.90 Å². The highest BCUT2D eigenvalue weighted by Gasteiger charge is 2.38. The molecule has 0 spiro atoms. The molecule has 2 heteroatoms. The Morgan fingerprint density at radius 1 is 0.489 bits per heavy atom. The van der Waals surface area contributed by atoms with Crippen LogP contribution < -0.4 is 4.90 Å². The van der Waals surface area contributed by atoms with E-state index in [1.165, 1.54) is 70.4 Å². The lowest BCUT2D eigenvalue weighted by Crippen LogP contribution is -2.15. The van der Waals surface area contributed by atoms with Crippen molar-refractivity contribution < 1.29 is 0 Å². The molecule has 0 aliphatic heterocycles. The molecule has 0 saturated carbocycles. The van der Waals surface area contributed by atoms with Crippen molar-refractivity contribution in [3.8, 4) is 32.7 Å². The topological polar surface area (TPSA) is 3.24 Å². The Bertz CT molecular complexity index is 2430. The van der Waals surface area contributed by atoms with Gasteiger partial charge in [0, 0.05) is 31.8 Å². The fourth-order valence-electron chi connectivity index (χ4n) is 7.52. The van der Waals surface area contributed by atoms with Gasteiger partial charge in [-0.2, -0.15) is 0 Å². The molecule has 0 radical (unpaired) electrons. The van der Waals surface area contributed by atoms with E-state index in [0.29, 0.717) is 0 Å². The predicted molar refractivity (Wildman–Crippen MR) is 202 cm³/mol. The minimum atomic E-state index is -0.0621. The fraction of sp³-hybridized carbons (Fsp3) is 0.0667. The van der Waals surface area contributed by atoms with Crippen molar-refractivity contribution in [1.82, 2.24) is 0 Å². The molecule has 1 nitrogen and oxygen atoms in total. The van der Waals surface area contributed by atoms with Crippen LogP contribution in [-0.4, -0.2) is 0 Å². The number of nitrogens with zero attached hydrogens (tertiary/aromatic N) is 1. The van der Waals surface area contributed by atoms with Crippen LogP contribution >= 0.6 is 11.3 Å². The van der Waals surface area contributed by atoms with Gasteiger partial charge in [-0.1, -0.05) is 135 Å². The maximum absolute atomic E-state index is 2.44. The normalized spacial score (nSPS) is 13.1. The van der Waals surface area contributed by atoms with E-state index in [0.717, 1.165) is 11.4 Å². The quantitative estimate of drug-likeness (QED) is 0.185. The van der Waals surface area contributed by atoms with Crippen LogP contribution in [0.25, 0.3) is 53.6 Å². The maximum Gasteiger partial charge on any atom is 0.0540 e. The van der Waals surface area contributed by atoms with Crippen molar-refractivity contribution in [2.75, 3.05) is 4.90 Å². The Hall–Kier alpha value is -5.44. The first-order valence-corrected chi connectivity index (χ1v) is 17.1. The summed E-state index contributed by atoms with van der Waals surface area (Å²) in [5.74, 6) is 0. The van der Waals surface area contributed by atoms with Crippen LogP contribution in [0.2, 0.25) is 0 Å². The number of rotatable bonds is 5. The highest BCUT2D eigenvalue weighted by Crippen LogP contribution is 2.56. The largest absolute Gasteiger partial charge is 0.310 e. The van der Waals surface area contributed by atoms with Gasteiger partial charge in [-0.05, 0) is 92.2 Å². The average Bonchev–Trinajstić information content (AvgIpc) is 3.62. The number of benzene rings is 7. The highest BCUT2D eigenvalue weighted by atomic mass is 32.1. The van der Waals surface area contributed by atoms with Gasteiger partial charge >= 0.3 is 0 Å². The molecule has 47 heavy (non-hydrogen) atoms. The zero-order chi connectivity index (χ0) is 31.5. The van der Waals surface area contributed by atoms with Crippen LogP contribution in [-0.2, 0) is 5.41 Å². The number of hydrogen-bond acceptors (Lipinski definition) is 2. The van der Waals surface area contributed by atoms with Crippen molar-refractivity contribution in [2.45, 2.75) is 19.3 Å². The number of fused-ring (bicyclic) bond motifs is 6. The molecule has 0 saturated heterocycles. The zero-order valence-corrected chi connectivity index (χ0v) is 27.3. The second-order valence-electron chi connectivity index (χ2n) is 13.0. The van der Waals surface area contributed by atoms with Crippen LogP contribution in [0.3, 0.4) is 0 Å². The molecule has 0 unspecified atom stereocenters. The van der Waals surface area contributed by atoms with Crippen LogP contribution in [0.5, 0.6) is 0 Å². The Balaban J connectivity index is 1.17. The zero-order valence-electron chi connectivity index (χ0n) is 26.4. The minimum absolute atomic E-state index is 0.0621. The Labute approximate surface area is 280 Å². The van der Waals surface area contributed by atoms with E-state index in [-0.39, 0.29) is 5.41 Å². The summed E-state index contributed by atoms with van der Waals surface area (Å²) in [5.41, 5.74) is 12.5. The molecule has 1 heterocycles. The summed E-state index contributed by atoms with van der Waals surface area (Å²) in [5, 5.41) is 3.85. The van der Waals surface area contributed by atoms with Gasteiger partial charge in [-0.3, -0.25) is 0 Å². The Kier molecular flexibility index (Phi) is 6.41. The molecule has 224 valence electrons. The van der Waals surface area contributed by atoms with E-state index >= 15 is 0 Å². The van der Waals surface area contributed by atoms with E-state index in [2.05, 4.69) is 183 Å². The predicted octanol–water partition coefficient (Wildman–Crippen LogP) is 13.2. The number of anilines is 3. The monoisotopic (exact) mass is 619 g/mol. The van der Waals surface area contributed by atoms with Gasteiger partial charge in [-0.15, -0.1) is 11.3 Å². The summed E-state index contributed by atoms with van der Waals surface area (Å²) in [7, 11) is 0. The van der Waals surface area contributed by atoms with Crippen LogP contribution in [0.1, 0.15) is 25.0 Å². The first-order chi connectivity index (χ1) is 23.1. The van der Waals surface area contributed by atoms with E-state index < -0.39 is 0 Å². The average molecular weight is 620 g/mol. The van der Waals surface area contributed by atoms with Gasteiger partial charge in [0.05, 0.1) is 5.69 Å². The SMILES string of the molecule is CC1(C)c2cc(-c3cccc(N(c4ccc(-c5ccccc5)cc4)c4cccc5ccccc45)c3)ccc2-c2sc3ccccc3c21. The summed E-state index contributed by atoms with van der Waals surface area (Å²) in [6.45, 7) is 4.77. The van der Waals surface area contributed by atoms with Gasteiger partial charge in [0.2, 0.25) is 0 Å². The van der Waals surface area contributed by atoms with Crippen molar-refractivity contribution in [2.24, 2.45) is 0 Å². The molecular formula is C45H33NS. The van der Waals surface area contributed by atoms with Gasteiger partial charge in [0.25, 0.3) is 0 Å². The summed E-state index contributed by atoms with van der Waals surface area (Å²) in [6, 6.07) is 59.8. The first-order valence-electron chi connectivity index (χ1n) is 16.3. The molecule has 9 rings (SSSR count).